The third-order valence-corrected chi connectivity index (χ3v) is 20.5. The van der Waals surface area contributed by atoms with E-state index < -0.39 is 11.6 Å². The fraction of sp³-hybridized carbons (Fsp3) is 0.136. The van der Waals surface area contributed by atoms with Crippen molar-refractivity contribution in [3.8, 4) is 24.7 Å². The minimum Gasteiger partial charge on any atom is -0.342 e. The van der Waals surface area contributed by atoms with Crippen LogP contribution in [0.25, 0.3) is 0 Å². The summed E-state index contributed by atoms with van der Waals surface area (Å²) in [4.78, 5) is 112. The molecule has 15 rings (SSSR count). The number of hydrogen-bond donors (Lipinski definition) is 5. The first-order chi connectivity index (χ1) is 64.0. The van der Waals surface area contributed by atoms with E-state index in [-0.39, 0.29) is 35.2 Å². The zero-order chi connectivity index (χ0) is 95.0. The number of amides is 5. The molecule has 0 spiro atoms. The SMILES string of the molecule is C#Cc1cccc(C(=O)Nc2cc(F)cc(N(C)c3cncnc3)c2)c1.C#Cc1cccc(C(=O)Nc2ccc(Cl)c(N(CC(C)C)c3cncnc3)c2)c1.Cc1cccc(C(=O)Nc2cc(Cl)cc(N(C)c3cncnc3)c2)c1.Cc1cccc(C(=O)Nc2cc(N(C)c3cncnc3)ccc2F)c1.Cc1cccc(C(=O)Nc2ccc(Cl)c(N(CC(C)C)c3cncnc3)c2)c1. The Hall–Kier alpha value is -16.2. The highest BCUT2D eigenvalue weighted by Crippen LogP contribution is 2.38. The van der Waals surface area contributed by atoms with Gasteiger partial charge in [0, 0.05) is 118 Å². The second-order valence-electron chi connectivity index (χ2n) is 30.9. The number of anilines is 15. The molecule has 0 saturated heterocycles. The van der Waals surface area contributed by atoms with Crippen LogP contribution in [0.3, 0.4) is 0 Å². The number of nitrogens with one attached hydrogen (secondary N) is 5. The van der Waals surface area contributed by atoms with E-state index in [9.17, 15) is 32.8 Å². The van der Waals surface area contributed by atoms with Crippen LogP contribution in [-0.2, 0) is 0 Å². The zero-order valence-electron chi connectivity index (χ0n) is 74.2. The van der Waals surface area contributed by atoms with E-state index in [1.54, 1.807) is 201 Å². The van der Waals surface area contributed by atoms with Gasteiger partial charge in [-0.2, -0.15) is 0 Å². The summed E-state index contributed by atoms with van der Waals surface area (Å²) in [6.07, 6.45) is 35.0. The number of halogens is 5. The molecule has 0 fully saturated rings. The van der Waals surface area contributed by atoms with Crippen LogP contribution in [0.1, 0.15) is 107 Å². The molecule has 0 saturated carbocycles. The van der Waals surface area contributed by atoms with Gasteiger partial charge < -0.3 is 51.1 Å². The van der Waals surface area contributed by atoms with Gasteiger partial charge in [0.1, 0.15) is 43.3 Å². The van der Waals surface area contributed by atoms with Gasteiger partial charge in [-0.15, -0.1) is 12.8 Å². The van der Waals surface area contributed by atoms with E-state index >= 15 is 0 Å². The second-order valence-corrected chi connectivity index (χ2v) is 32.1. The Balaban J connectivity index is 0.000000160. The number of rotatable bonds is 24. The molecule has 0 bridgehead atoms. The lowest BCUT2D eigenvalue weighted by atomic mass is 10.1. The van der Waals surface area contributed by atoms with Crippen LogP contribution >= 0.6 is 34.8 Å². The van der Waals surface area contributed by atoms with E-state index in [4.69, 9.17) is 47.6 Å². The van der Waals surface area contributed by atoms with Crippen molar-refractivity contribution in [2.24, 2.45) is 11.8 Å². The molecule has 25 nitrogen and oxygen atoms in total. The van der Waals surface area contributed by atoms with E-state index in [1.807, 2.05) is 116 Å². The number of nitrogens with zero attached hydrogens (tertiary/aromatic N) is 15. The highest BCUT2D eigenvalue weighted by atomic mass is 35.5. The molecular formula is C103H93Cl3F2N20O5. The molecule has 0 radical (unpaired) electrons. The third kappa shape index (κ3) is 28.6. The van der Waals surface area contributed by atoms with Crippen molar-refractivity contribution in [1.82, 2.24) is 49.8 Å². The number of aromatic nitrogens is 10. The zero-order valence-corrected chi connectivity index (χ0v) is 76.5. The Morgan fingerprint density at radius 2 is 0.662 bits per heavy atom. The maximum absolute atomic E-state index is 14.1. The second kappa shape index (κ2) is 47.7. The minimum absolute atomic E-state index is 0.118. The van der Waals surface area contributed by atoms with Gasteiger partial charge in [0.15, 0.2) is 0 Å². The van der Waals surface area contributed by atoms with Gasteiger partial charge in [0.25, 0.3) is 29.5 Å². The molecule has 0 atom stereocenters. The molecule has 133 heavy (non-hydrogen) atoms. The molecule has 15 aromatic rings. The van der Waals surface area contributed by atoms with E-state index in [1.165, 1.54) is 49.8 Å². The molecule has 0 aliphatic carbocycles. The summed E-state index contributed by atoms with van der Waals surface area (Å²) in [7, 11) is 5.46. The summed E-state index contributed by atoms with van der Waals surface area (Å²) in [6.45, 7) is 15.8. The third-order valence-electron chi connectivity index (χ3n) is 19.7. The lowest BCUT2D eigenvalue weighted by Crippen LogP contribution is -2.23. The van der Waals surface area contributed by atoms with Crippen LogP contribution in [-0.4, -0.2) is 114 Å². The number of carbonyl (C=O) groups is 5. The first kappa shape index (κ1) is 97.4. The van der Waals surface area contributed by atoms with Crippen molar-refractivity contribution in [3.05, 3.63) is 388 Å². The van der Waals surface area contributed by atoms with Gasteiger partial charge >= 0.3 is 0 Å². The number of terminal acetylenes is 2. The quantitative estimate of drug-likeness (QED) is 0.0351. The first-order valence-corrected chi connectivity index (χ1v) is 42.6. The van der Waals surface area contributed by atoms with Crippen LogP contribution < -0.4 is 51.1 Å². The van der Waals surface area contributed by atoms with Crippen molar-refractivity contribution in [2.75, 3.05) is 85.3 Å². The molecule has 0 unspecified atom stereocenters. The van der Waals surface area contributed by atoms with Crippen LogP contribution in [0, 0.1) is 68.9 Å². The highest BCUT2D eigenvalue weighted by molar-refractivity contribution is 6.34. The molecule has 670 valence electrons. The molecule has 30 heteroatoms. The predicted molar refractivity (Wildman–Crippen MR) is 527 cm³/mol. The van der Waals surface area contributed by atoms with Gasteiger partial charge in [-0.05, 0) is 196 Å². The minimum atomic E-state index is -0.498. The summed E-state index contributed by atoms with van der Waals surface area (Å²) >= 11 is 19.2. The normalized spacial score (nSPS) is 10.4. The van der Waals surface area contributed by atoms with Crippen LogP contribution in [0.2, 0.25) is 15.1 Å². The summed E-state index contributed by atoms with van der Waals surface area (Å²) in [5.41, 5.74) is 16.8. The summed E-state index contributed by atoms with van der Waals surface area (Å²) in [5, 5.41) is 15.8. The lowest BCUT2D eigenvalue weighted by Gasteiger charge is -2.27. The van der Waals surface area contributed by atoms with Crippen LogP contribution in [0.5, 0.6) is 0 Å². The number of carbonyl (C=O) groups excluding carboxylic acids is 5. The van der Waals surface area contributed by atoms with Gasteiger partial charge in [-0.25, -0.2) is 58.6 Å². The van der Waals surface area contributed by atoms with E-state index in [0.717, 1.165) is 63.0 Å². The van der Waals surface area contributed by atoms with E-state index in [0.29, 0.717) is 112 Å². The van der Waals surface area contributed by atoms with Crippen LogP contribution in [0.4, 0.5) is 94.1 Å². The van der Waals surface area contributed by atoms with Gasteiger partial charge in [0.05, 0.1) is 118 Å². The van der Waals surface area contributed by atoms with Crippen LogP contribution in [0.15, 0.2) is 306 Å². The van der Waals surface area contributed by atoms with Crippen molar-refractivity contribution >= 4 is 150 Å². The molecule has 5 amide bonds. The van der Waals surface area contributed by atoms with E-state index in [2.05, 4.69) is 121 Å². The number of aryl methyl sites for hydroxylation is 3. The summed E-state index contributed by atoms with van der Waals surface area (Å²) < 4.78 is 28.2. The average molecular weight is 1840 g/mol. The van der Waals surface area contributed by atoms with Crippen molar-refractivity contribution < 1.29 is 32.8 Å². The Morgan fingerprint density at radius 1 is 0.338 bits per heavy atom. The standard InChI is InChI=1S/C23H21ClN4O.C22H23ClN4O.C20H15FN4O.C19H17ClN4O.C19H17FN4O/c1-4-17-6-5-7-18(10-17)23(29)27-19-8-9-21(24)22(11-19)28(14-16(2)3)20-12-25-15-26-13-20;1-15(2)13-27(19-11-24-14-25-12-19)21-10-18(7-8-20(21)23)26-22(28)17-6-4-5-16(3)9-17;1-3-14-5-4-6-15(7-14)20(26)24-17-8-16(21)9-18(10-17)25(2)19-11-22-13-23-12-19;1-13-4-3-5-14(6-13)19(25)23-16-7-15(20)8-17(9-16)24(2)18-10-21-12-22-11-18;1-13-4-3-5-14(8-13)19(25)23-18-9-15(6-7-17(18)20)24(2)16-10-21-12-22-11-16/h1,5-13,15-16H,14H2,2-3H3,(H,27,29);4-12,14-15H,13H2,1-3H3,(H,26,28);1,4-13H,2H3,(H,24,26);2*3-12H,1-2H3,(H,23,25). The molecule has 5 aromatic heterocycles. The molecular weight excluding hydrogens is 1740 g/mol. The van der Waals surface area contributed by atoms with Crippen molar-refractivity contribution in [3.63, 3.8) is 0 Å². The maximum atomic E-state index is 14.1. The Bertz CT molecular complexity index is 6630. The summed E-state index contributed by atoms with van der Waals surface area (Å²) in [6, 6.07) is 60.7. The summed E-state index contributed by atoms with van der Waals surface area (Å²) in [5.74, 6) is 3.50. The monoisotopic (exact) mass is 1830 g/mol. The fourth-order valence-corrected chi connectivity index (χ4v) is 13.7. The first-order valence-electron chi connectivity index (χ1n) is 41.5. The topological polar surface area (TPSA) is 291 Å². The fourth-order valence-electron chi connectivity index (χ4n) is 13.1. The molecule has 10 aromatic carbocycles. The number of benzene rings is 10. The lowest BCUT2D eigenvalue weighted by molar-refractivity contribution is 0.101. The largest absolute Gasteiger partial charge is 0.342 e. The average Bonchev–Trinajstić information content (AvgIpc) is 0.816. The van der Waals surface area contributed by atoms with Gasteiger partial charge in [-0.1, -0.05) is 140 Å². The predicted octanol–water partition coefficient (Wildman–Crippen LogP) is 22.7. The Labute approximate surface area is 785 Å². The van der Waals surface area contributed by atoms with Gasteiger partial charge in [0.2, 0.25) is 0 Å². The molecule has 5 heterocycles. The highest BCUT2D eigenvalue weighted by Gasteiger charge is 2.22. The molecule has 5 N–H and O–H groups in total. The molecule has 0 aliphatic rings. The van der Waals surface area contributed by atoms with Crippen molar-refractivity contribution in [1.29, 1.82) is 0 Å². The van der Waals surface area contributed by atoms with Crippen molar-refractivity contribution in [2.45, 2.75) is 48.5 Å². The smallest absolute Gasteiger partial charge is 0.255 e. The number of hydrogen-bond acceptors (Lipinski definition) is 20. The maximum Gasteiger partial charge on any atom is 0.255 e. The molecule has 0 aliphatic heterocycles. The van der Waals surface area contributed by atoms with Gasteiger partial charge in [-0.3, -0.25) is 24.0 Å². The Morgan fingerprint density at radius 3 is 1.02 bits per heavy atom. The Kier molecular flexibility index (Phi) is 35.0.